The molecule has 0 saturated carbocycles. The number of rotatable bonds is 6. The van der Waals surface area contributed by atoms with Crippen LogP contribution in [-0.4, -0.2) is 73.4 Å². The largest absolute Gasteiger partial charge is 0.486 e. The van der Waals surface area contributed by atoms with Crippen LogP contribution in [0.3, 0.4) is 0 Å². The molecule has 1 atom stereocenters. The minimum atomic E-state index is 0.267. The summed E-state index contributed by atoms with van der Waals surface area (Å²) in [5, 5.41) is 12.5. The van der Waals surface area contributed by atoms with Crippen LogP contribution >= 0.6 is 0 Å². The second-order valence-corrected chi connectivity index (χ2v) is 6.52. The number of nitrogens with zero attached hydrogens (tertiary/aromatic N) is 2. The Hall–Kier alpha value is -1.30. The van der Waals surface area contributed by atoms with Crippen molar-refractivity contribution in [2.75, 3.05) is 57.7 Å². The predicted octanol–water partition coefficient (Wildman–Crippen LogP) is 1.42. The van der Waals surface area contributed by atoms with Gasteiger partial charge in [0.15, 0.2) is 0 Å². The highest BCUT2D eigenvalue weighted by Gasteiger charge is 2.19. The minimum Gasteiger partial charge on any atom is -0.486 e. The maximum absolute atomic E-state index is 8.99. The number of piperazine rings is 1. The summed E-state index contributed by atoms with van der Waals surface area (Å²) in [7, 11) is 0. The molecule has 128 valence electrons. The molecule has 2 heterocycles. The molecule has 0 amide bonds. The van der Waals surface area contributed by atoms with Crippen molar-refractivity contribution in [2.24, 2.45) is 0 Å². The summed E-state index contributed by atoms with van der Waals surface area (Å²) < 4.78 is 5.97. The van der Waals surface area contributed by atoms with Crippen LogP contribution in [-0.2, 0) is 6.42 Å². The lowest BCUT2D eigenvalue weighted by Gasteiger charge is -2.34. The summed E-state index contributed by atoms with van der Waals surface area (Å²) in [6, 6.07) is 6.54. The fourth-order valence-electron chi connectivity index (χ4n) is 3.31. The summed E-state index contributed by atoms with van der Waals surface area (Å²) in [4.78, 5) is 4.85. The van der Waals surface area contributed by atoms with Gasteiger partial charge in [0.05, 0.1) is 18.8 Å². The van der Waals surface area contributed by atoms with Gasteiger partial charge in [-0.25, -0.2) is 0 Å². The molecule has 23 heavy (non-hydrogen) atoms. The summed E-state index contributed by atoms with van der Waals surface area (Å²) in [6.07, 6.45) is 2.41. The average Bonchev–Trinajstić information content (AvgIpc) is 2.61. The van der Waals surface area contributed by atoms with Crippen molar-refractivity contribution in [3.8, 4) is 5.75 Å². The fourth-order valence-corrected chi connectivity index (χ4v) is 3.31. The predicted molar refractivity (Wildman–Crippen MR) is 93.3 cm³/mol. The summed E-state index contributed by atoms with van der Waals surface area (Å²) in [5.74, 6) is 0.990. The van der Waals surface area contributed by atoms with Gasteiger partial charge in [0.1, 0.15) is 11.9 Å². The Balaban J connectivity index is 1.48. The highest BCUT2D eigenvalue weighted by atomic mass is 16.5. The normalized spacial score (nSPS) is 22.3. The standard InChI is InChI=1S/C18H29N3O2/c1-2-16-14-19-17-13-15(3-4-18(17)23-16)5-6-20-7-9-21(10-8-20)11-12-22/h3-4,13,16,19,22H,2,5-12,14H2,1H3. The Labute approximate surface area is 139 Å². The van der Waals surface area contributed by atoms with Crippen molar-refractivity contribution < 1.29 is 9.84 Å². The topological polar surface area (TPSA) is 48.0 Å². The van der Waals surface area contributed by atoms with Gasteiger partial charge in [-0.2, -0.15) is 0 Å². The zero-order valence-corrected chi connectivity index (χ0v) is 14.1. The number of benzene rings is 1. The van der Waals surface area contributed by atoms with E-state index < -0.39 is 0 Å². The monoisotopic (exact) mass is 319 g/mol. The molecule has 2 aliphatic rings. The SMILES string of the molecule is CCC1CNc2cc(CCN3CCN(CCO)CC3)ccc2O1. The third-order valence-corrected chi connectivity index (χ3v) is 4.91. The first-order chi connectivity index (χ1) is 11.3. The third kappa shape index (κ3) is 4.37. The van der Waals surface area contributed by atoms with Gasteiger partial charge in [0.25, 0.3) is 0 Å². The van der Waals surface area contributed by atoms with Gasteiger partial charge in [-0.3, -0.25) is 4.90 Å². The highest BCUT2D eigenvalue weighted by molar-refractivity contribution is 5.59. The van der Waals surface area contributed by atoms with E-state index in [2.05, 4.69) is 40.2 Å². The molecule has 1 saturated heterocycles. The van der Waals surface area contributed by atoms with Gasteiger partial charge in [0.2, 0.25) is 0 Å². The van der Waals surface area contributed by atoms with E-state index in [0.717, 1.165) is 70.1 Å². The van der Waals surface area contributed by atoms with Crippen molar-refractivity contribution >= 4 is 5.69 Å². The smallest absolute Gasteiger partial charge is 0.142 e. The molecule has 1 aromatic carbocycles. The first-order valence-corrected chi connectivity index (χ1v) is 8.87. The molecule has 0 spiro atoms. The molecule has 0 bridgehead atoms. The molecule has 0 aliphatic carbocycles. The van der Waals surface area contributed by atoms with Crippen LogP contribution in [0.25, 0.3) is 0 Å². The van der Waals surface area contributed by atoms with Crippen LogP contribution in [0.1, 0.15) is 18.9 Å². The second-order valence-electron chi connectivity index (χ2n) is 6.52. The molecule has 0 radical (unpaired) electrons. The molecule has 3 rings (SSSR count). The number of nitrogens with one attached hydrogen (secondary N) is 1. The zero-order valence-electron chi connectivity index (χ0n) is 14.1. The number of fused-ring (bicyclic) bond motifs is 1. The summed E-state index contributed by atoms with van der Waals surface area (Å²) >= 11 is 0. The first-order valence-electron chi connectivity index (χ1n) is 8.87. The second kappa shape index (κ2) is 7.99. The van der Waals surface area contributed by atoms with Crippen molar-refractivity contribution in [3.05, 3.63) is 23.8 Å². The summed E-state index contributed by atoms with van der Waals surface area (Å²) in [6.45, 7) is 9.58. The molecular formula is C18H29N3O2. The molecule has 5 nitrogen and oxygen atoms in total. The fraction of sp³-hybridized carbons (Fsp3) is 0.667. The van der Waals surface area contributed by atoms with Crippen molar-refractivity contribution in [1.82, 2.24) is 9.80 Å². The van der Waals surface area contributed by atoms with Crippen LogP contribution < -0.4 is 10.1 Å². The molecule has 5 heteroatoms. The molecule has 1 aromatic rings. The number of β-amino-alcohol motifs (C(OH)–C–C–N with tert-alkyl or cyclic N) is 1. The van der Waals surface area contributed by atoms with Crippen LogP contribution in [0.2, 0.25) is 0 Å². The van der Waals surface area contributed by atoms with Gasteiger partial charge < -0.3 is 20.1 Å². The highest BCUT2D eigenvalue weighted by Crippen LogP contribution is 2.30. The quantitative estimate of drug-likeness (QED) is 0.830. The first kappa shape index (κ1) is 16.6. The molecule has 1 unspecified atom stereocenters. The van der Waals surface area contributed by atoms with Crippen LogP contribution in [0, 0.1) is 0 Å². The number of ether oxygens (including phenoxy) is 1. The van der Waals surface area contributed by atoms with Crippen molar-refractivity contribution in [2.45, 2.75) is 25.9 Å². The zero-order chi connectivity index (χ0) is 16.1. The molecular weight excluding hydrogens is 290 g/mol. The number of aliphatic hydroxyl groups is 1. The number of hydrogen-bond donors (Lipinski definition) is 2. The third-order valence-electron chi connectivity index (χ3n) is 4.91. The lowest BCUT2D eigenvalue weighted by Crippen LogP contribution is -2.47. The van der Waals surface area contributed by atoms with Crippen LogP contribution in [0.5, 0.6) is 5.75 Å². The van der Waals surface area contributed by atoms with Gasteiger partial charge in [-0.15, -0.1) is 0 Å². The lowest BCUT2D eigenvalue weighted by atomic mass is 10.1. The van der Waals surface area contributed by atoms with E-state index in [0.29, 0.717) is 6.10 Å². The van der Waals surface area contributed by atoms with E-state index in [1.165, 1.54) is 5.56 Å². The van der Waals surface area contributed by atoms with Crippen molar-refractivity contribution in [3.63, 3.8) is 0 Å². The Morgan fingerprint density at radius 2 is 1.91 bits per heavy atom. The van der Waals surface area contributed by atoms with Crippen LogP contribution in [0.15, 0.2) is 18.2 Å². The Morgan fingerprint density at radius 1 is 1.17 bits per heavy atom. The maximum Gasteiger partial charge on any atom is 0.142 e. The molecule has 2 N–H and O–H groups in total. The van der Waals surface area contributed by atoms with Crippen LogP contribution in [0.4, 0.5) is 5.69 Å². The Kier molecular flexibility index (Phi) is 5.75. The Morgan fingerprint density at radius 3 is 2.61 bits per heavy atom. The average molecular weight is 319 g/mol. The van der Waals surface area contributed by atoms with Gasteiger partial charge in [-0.05, 0) is 30.5 Å². The van der Waals surface area contributed by atoms with Crippen molar-refractivity contribution in [1.29, 1.82) is 0 Å². The Bertz CT molecular complexity index is 501. The van der Waals surface area contributed by atoms with E-state index >= 15 is 0 Å². The minimum absolute atomic E-state index is 0.267. The number of hydrogen-bond acceptors (Lipinski definition) is 5. The molecule has 2 aliphatic heterocycles. The maximum atomic E-state index is 8.99. The van der Waals surface area contributed by atoms with Gasteiger partial charge in [0, 0.05) is 39.3 Å². The summed E-state index contributed by atoms with van der Waals surface area (Å²) in [5.41, 5.74) is 2.51. The van der Waals surface area contributed by atoms with Gasteiger partial charge >= 0.3 is 0 Å². The van der Waals surface area contributed by atoms with E-state index in [1.807, 2.05) is 0 Å². The lowest BCUT2D eigenvalue weighted by molar-refractivity contribution is 0.113. The number of aliphatic hydroxyl groups excluding tert-OH is 1. The number of anilines is 1. The van der Waals surface area contributed by atoms with E-state index in [-0.39, 0.29) is 6.61 Å². The van der Waals surface area contributed by atoms with Gasteiger partial charge in [-0.1, -0.05) is 13.0 Å². The molecule has 1 fully saturated rings. The van der Waals surface area contributed by atoms with E-state index in [4.69, 9.17) is 9.84 Å². The molecule has 0 aromatic heterocycles. The van der Waals surface area contributed by atoms with E-state index in [9.17, 15) is 0 Å². The van der Waals surface area contributed by atoms with E-state index in [1.54, 1.807) is 0 Å².